The third-order valence-electron chi connectivity index (χ3n) is 2.57. The Morgan fingerprint density at radius 3 is 1.80 bits per heavy atom. The molecule has 0 aliphatic carbocycles. The summed E-state index contributed by atoms with van der Waals surface area (Å²) in [6.45, 7) is 0.959. The van der Waals surface area contributed by atoms with Gasteiger partial charge in [-0.05, 0) is 48.5 Å². The van der Waals surface area contributed by atoms with E-state index >= 15 is 0 Å². The Morgan fingerprint density at radius 1 is 0.900 bits per heavy atom. The van der Waals surface area contributed by atoms with Gasteiger partial charge in [-0.1, -0.05) is 28.1 Å². The van der Waals surface area contributed by atoms with Crippen LogP contribution in [0.1, 0.15) is 5.56 Å². The van der Waals surface area contributed by atoms with Crippen LogP contribution in [-0.2, 0) is 0 Å². The molecule has 0 aliphatic heterocycles. The number of ether oxygens (including phenoxy) is 2. The Bertz CT molecular complexity index is 569. The molecule has 2 N–H and O–H groups in total. The highest BCUT2D eigenvalue weighted by Gasteiger charge is 1.98. The normalized spacial score (nSPS) is 10.1. The summed E-state index contributed by atoms with van der Waals surface area (Å²) in [4.78, 5) is 0.384. The molecule has 0 fully saturated rings. The van der Waals surface area contributed by atoms with Crippen molar-refractivity contribution in [3.05, 3.63) is 58.6 Å². The van der Waals surface area contributed by atoms with Gasteiger partial charge in [-0.2, -0.15) is 0 Å². The maximum absolute atomic E-state index is 5.57. The van der Waals surface area contributed by atoms with Gasteiger partial charge < -0.3 is 15.2 Å². The van der Waals surface area contributed by atoms with Crippen LogP contribution in [0, 0.1) is 0 Å². The minimum Gasteiger partial charge on any atom is -0.490 e. The highest BCUT2D eigenvalue weighted by atomic mass is 79.9. The molecular weight excluding hydrogens is 338 g/mol. The lowest BCUT2D eigenvalue weighted by molar-refractivity contribution is 0.217. The molecule has 2 aromatic rings. The Labute approximate surface area is 131 Å². The van der Waals surface area contributed by atoms with Gasteiger partial charge in [-0.15, -0.1) is 0 Å². The predicted octanol–water partition coefficient (Wildman–Crippen LogP) is 3.54. The third kappa shape index (κ3) is 4.51. The Kier molecular flexibility index (Phi) is 5.38. The maximum Gasteiger partial charge on any atom is 0.122 e. The molecule has 3 nitrogen and oxygen atoms in total. The molecule has 104 valence electrons. The first-order valence-corrected chi connectivity index (χ1v) is 7.26. The molecule has 0 radical (unpaired) electrons. The second-order valence-corrected chi connectivity index (χ2v) is 5.39. The van der Waals surface area contributed by atoms with E-state index in [9.17, 15) is 0 Å². The van der Waals surface area contributed by atoms with E-state index in [0.717, 1.165) is 21.5 Å². The van der Waals surface area contributed by atoms with Crippen LogP contribution in [0.5, 0.6) is 11.5 Å². The first kappa shape index (κ1) is 14.8. The van der Waals surface area contributed by atoms with Crippen molar-refractivity contribution in [1.29, 1.82) is 0 Å². The van der Waals surface area contributed by atoms with Gasteiger partial charge >= 0.3 is 0 Å². The fraction of sp³-hybridized carbons (Fsp3) is 0.133. The zero-order valence-electron chi connectivity index (χ0n) is 10.7. The van der Waals surface area contributed by atoms with Crippen LogP contribution in [0.3, 0.4) is 0 Å². The minimum atomic E-state index is 0.384. The number of thiocarbonyl (C=S) groups is 1. The van der Waals surface area contributed by atoms with Crippen LogP contribution < -0.4 is 15.2 Å². The minimum absolute atomic E-state index is 0.384. The summed E-state index contributed by atoms with van der Waals surface area (Å²) in [5.74, 6) is 1.59. The fourth-order valence-electron chi connectivity index (χ4n) is 1.57. The van der Waals surface area contributed by atoms with E-state index in [2.05, 4.69) is 15.9 Å². The summed E-state index contributed by atoms with van der Waals surface area (Å²) in [5.41, 5.74) is 6.36. The molecule has 5 heteroatoms. The highest BCUT2D eigenvalue weighted by molar-refractivity contribution is 9.10. The van der Waals surface area contributed by atoms with Crippen LogP contribution >= 0.6 is 28.1 Å². The molecule has 0 heterocycles. The van der Waals surface area contributed by atoms with Crippen LogP contribution in [-0.4, -0.2) is 18.2 Å². The first-order chi connectivity index (χ1) is 9.65. The second-order valence-electron chi connectivity index (χ2n) is 4.04. The van der Waals surface area contributed by atoms with Gasteiger partial charge in [0.1, 0.15) is 29.7 Å². The molecule has 2 aromatic carbocycles. The Morgan fingerprint density at radius 2 is 1.35 bits per heavy atom. The van der Waals surface area contributed by atoms with E-state index in [4.69, 9.17) is 27.4 Å². The monoisotopic (exact) mass is 351 g/mol. The molecule has 0 spiro atoms. The van der Waals surface area contributed by atoms with Crippen LogP contribution in [0.2, 0.25) is 0 Å². The lowest BCUT2D eigenvalue weighted by Gasteiger charge is -2.09. The van der Waals surface area contributed by atoms with Crippen molar-refractivity contribution < 1.29 is 9.47 Å². The molecular formula is C15H14BrNO2S. The van der Waals surface area contributed by atoms with Crippen molar-refractivity contribution in [3.8, 4) is 11.5 Å². The average Bonchev–Trinajstić information content (AvgIpc) is 2.46. The largest absolute Gasteiger partial charge is 0.490 e. The van der Waals surface area contributed by atoms with Crippen molar-refractivity contribution in [2.24, 2.45) is 5.73 Å². The Hall–Kier alpha value is -1.59. The molecule has 0 bridgehead atoms. The van der Waals surface area contributed by atoms with Gasteiger partial charge in [0.05, 0.1) is 0 Å². The number of hydrogen-bond donors (Lipinski definition) is 1. The SMILES string of the molecule is NC(=S)c1ccc(OCCOc2ccc(Br)cc2)cc1. The highest BCUT2D eigenvalue weighted by Crippen LogP contribution is 2.16. The van der Waals surface area contributed by atoms with E-state index in [-0.39, 0.29) is 0 Å². The molecule has 0 amide bonds. The molecule has 2 rings (SSSR count). The predicted molar refractivity (Wildman–Crippen MR) is 87.5 cm³/mol. The lowest BCUT2D eigenvalue weighted by atomic mass is 10.2. The summed E-state index contributed by atoms with van der Waals surface area (Å²) in [6, 6.07) is 15.0. The molecule has 0 atom stereocenters. The topological polar surface area (TPSA) is 44.5 Å². The van der Waals surface area contributed by atoms with Gasteiger partial charge in [0.2, 0.25) is 0 Å². The van der Waals surface area contributed by atoms with E-state index < -0.39 is 0 Å². The van der Waals surface area contributed by atoms with Gasteiger partial charge in [0, 0.05) is 10.0 Å². The number of rotatable bonds is 6. The van der Waals surface area contributed by atoms with Gasteiger partial charge in [-0.3, -0.25) is 0 Å². The van der Waals surface area contributed by atoms with Crippen molar-refractivity contribution in [2.45, 2.75) is 0 Å². The van der Waals surface area contributed by atoms with E-state index in [0.29, 0.717) is 18.2 Å². The molecule has 20 heavy (non-hydrogen) atoms. The summed E-state index contributed by atoms with van der Waals surface area (Å²) >= 11 is 8.26. The molecule has 0 aromatic heterocycles. The second kappa shape index (κ2) is 7.26. The number of nitrogens with two attached hydrogens (primary N) is 1. The quantitative estimate of drug-likeness (QED) is 0.638. The summed E-state index contributed by atoms with van der Waals surface area (Å²) in [6.07, 6.45) is 0. The van der Waals surface area contributed by atoms with Crippen molar-refractivity contribution in [3.63, 3.8) is 0 Å². The van der Waals surface area contributed by atoms with Crippen LogP contribution in [0.25, 0.3) is 0 Å². The van der Waals surface area contributed by atoms with E-state index in [1.807, 2.05) is 48.5 Å². The summed E-state index contributed by atoms with van der Waals surface area (Å²) < 4.78 is 12.2. The van der Waals surface area contributed by atoms with E-state index in [1.54, 1.807) is 0 Å². The van der Waals surface area contributed by atoms with Gasteiger partial charge in [-0.25, -0.2) is 0 Å². The zero-order chi connectivity index (χ0) is 14.4. The fourth-order valence-corrected chi connectivity index (χ4v) is 1.97. The number of halogens is 1. The van der Waals surface area contributed by atoms with Gasteiger partial charge in [0.25, 0.3) is 0 Å². The van der Waals surface area contributed by atoms with Crippen LogP contribution in [0.4, 0.5) is 0 Å². The number of hydrogen-bond acceptors (Lipinski definition) is 3. The smallest absolute Gasteiger partial charge is 0.122 e. The molecule has 0 unspecified atom stereocenters. The van der Waals surface area contributed by atoms with E-state index in [1.165, 1.54) is 0 Å². The lowest BCUT2D eigenvalue weighted by Crippen LogP contribution is -2.10. The summed E-state index contributed by atoms with van der Waals surface area (Å²) in [7, 11) is 0. The van der Waals surface area contributed by atoms with Crippen molar-refractivity contribution in [2.75, 3.05) is 13.2 Å². The van der Waals surface area contributed by atoms with Crippen molar-refractivity contribution in [1.82, 2.24) is 0 Å². The molecule has 0 aliphatic rings. The number of benzene rings is 2. The maximum atomic E-state index is 5.57. The zero-order valence-corrected chi connectivity index (χ0v) is 13.1. The first-order valence-electron chi connectivity index (χ1n) is 6.06. The average molecular weight is 352 g/mol. The van der Waals surface area contributed by atoms with Gasteiger partial charge in [0.15, 0.2) is 0 Å². The molecule has 0 saturated carbocycles. The molecule has 0 saturated heterocycles. The standard InChI is InChI=1S/C15H14BrNO2S/c16-12-3-7-14(8-4-12)19-10-9-18-13-5-1-11(2-6-13)15(17)20/h1-8H,9-10H2,(H2,17,20). The third-order valence-corrected chi connectivity index (χ3v) is 3.34. The van der Waals surface area contributed by atoms with Crippen LogP contribution in [0.15, 0.2) is 53.0 Å². The summed E-state index contributed by atoms with van der Waals surface area (Å²) in [5, 5.41) is 0. The Balaban J connectivity index is 1.75. The van der Waals surface area contributed by atoms with Crippen molar-refractivity contribution >= 4 is 33.1 Å².